The van der Waals surface area contributed by atoms with Crippen LogP contribution < -0.4 is 0 Å². The van der Waals surface area contributed by atoms with Crippen LogP contribution in [0.25, 0.3) is 11.5 Å². The SMILES string of the molecule is O=C(c1ccc(F)cc1)N1CCC[C@H](c2cc(-c3ncc[nH]3)n[nH]2)C1. The Morgan fingerprint density at radius 2 is 2.12 bits per heavy atom. The summed E-state index contributed by atoms with van der Waals surface area (Å²) < 4.78 is 13.1. The van der Waals surface area contributed by atoms with Crippen LogP contribution in [0, 0.1) is 5.82 Å². The van der Waals surface area contributed by atoms with Gasteiger partial charge < -0.3 is 9.88 Å². The summed E-state index contributed by atoms with van der Waals surface area (Å²) >= 11 is 0. The van der Waals surface area contributed by atoms with Gasteiger partial charge in [-0.2, -0.15) is 5.10 Å². The molecule has 0 saturated carbocycles. The highest BCUT2D eigenvalue weighted by molar-refractivity contribution is 5.94. The Hall–Kier alpha value is -2.96. The van der Waals surface area contributed by atoms with Crippen LogP contribution in [0.3, 0.4) is 0 Å². The fourth-order valence-electron chi connectivity index (χ4n) is 3.26. The summed E-state index contributed by atoms with van der Waals surface area (Å²) in [5.74, 6) is 0.526. The number of halogens is 1. The number of likely N-dealkylation sites (tertiary alicyclic amines) is 1. The highest BCUT2D eigenvalue weighted by Gasteiger charge is 2.27. The average molecular weight is 339 g/mol. The normalized spacial score (nSPS) is 17.6. The van der Waals surface area contributed by atoms with Crippen molar-refractivity contribution in [2.45, 2.75) is 18.8 Å². The first-order valence-corrected chi connectivity index (χ1v) is 8.30. The van der Waals surface area contributed by atoms with Crippen molar-refractivity contribution >= 4 is 5.91 Å². The first kappa shape index (κ1) is 15.6. The number of hydrogen-bond acceptors (Lipinski definition) is 3. The number of aromatic amines is 2. The van der Waals surface area contributed by atoms with Crippen LogP contribution in [0.2, 0.25) is 0 Å². The molecule has 0 aliphatic carbocycles. The van der Waals surface area contributed by atoms with Crippen molar-refractivity contribution < 1.29 is 9.18 Å². The highest BCUT2D eigenvalue weighted by atomic mass is 19.1. The lowest BCUT2D eigenvalue weighted by molar-refractivity contribution is 0.0706. The number of rotatable bonds is 3. The zero-order valence-electron chi connectivity index (χ0n) is 13.6. The number of imidazole rings is 1. The van der Waals surface area contributed by atoms with E-state index in [9.17, 15) is 9.18 Å². The maximum Gasteiger partial charge on any atom is 0.253 e. The van der Waals surface area contributed by atoms with Gasteiger partial charge in [0.25, 0.3) is 5.91 Å². The van der Waals surface area contributed by atoms with Gasteiger partial charge >= 0.3 is 0 Å². The molecule has 2 N–H and O–H groups in total. The van der Waals surface area contributed by atoms with Crippen LogP contribution in [0.1, 0.15) is 34.8 Å². The van der Waals surface area contributed by atoms with Crippen molar-refractivity contribution in [3.63, 3.8) is 0 Å². The van der Waals surface area contributed by atoms with Gasteiger partial charge in [0.1, 0.15) is 11.5 Å². The Labute approximate surface area is 144 Å². The highest BCUT2D eigenvalue weighted by Crippen LogP contribution is 2.28. The molecule has 1 fully saturated rings. The Kier molecular flexibility index (Phi) is 4.05. The molecule has 2 aromatic heterocycles. The van der Waals surface area contributed by atoms with Crippen molar-refractivity contribution in [1.29, 1.82) is 0 Å². The first-order valence-electron chi connectivity index (χ1n) is 8.30. The van der Waals surface area contributed by atoms with Crippen molar-refractivity contribution in [2.75, 3.05) is 13.1 Å². The second-order valence-corrected chi connectivity index (χ2v) is 6.24. The summed E-state index contributed by atoms with van der Waals surface area (Å²) in [7, 11) is 0. The number of piperidine rings is 1. The van der Waals surface area contributed by atoms with Crippen molar-refractivity contribution in [2.24, 2.45) is 0 Å². The molecule has 4 rings (SSSR count). The van der Waals surface area contributed by atoms with Crippen LogP contribution in [-0.2, 0) is 0 Å². The Morgan fingerprint density at radius 1 is 1.28 bits per heavy atom. The average Bonchev–Trinajstić information content (AvgIpc) is 3.33. The van der Waals surface area contributed by atoms with E-state index in [1.165, 1.54) is 24.3 Å². The lowest BCUT2D eigenvalue weighted by Gasteiger charge is -2.32. The van der Waals surface area contributed by atoms with E-state index < -0.39 is 0 Å². The number of benzene rings is 1. The van der Waals surface area contributed by atoms with Crippen LogP contribution in [-0.4, -0.2) is 44.1 Å². The van der Waals surface area contributed by atoms with Gasteiger partial charge in [0.15, 0.2) is 5.82 Å². The summed E-state index contributed by atoms with van der Waals surface area (Å²) in [6.07, 6.45) is 5.36. The van der Waals surface area contributed by atoms with E-state index in [-0.39, 0.29) is 17.6 Å². The van der Waals surface area contributed by atoms with Gasteiger partial charge in [0, 0.05) is 42.7 Å². The number of amides is 1. The maximum absolute atomic E-state index is 13.1. The largest absolute Gasteiger partial charge is 0.343 e. The third-order valence-electron chi connectivity index (χ3n) is 4.58. The van der Waals surface area contributed by atoms with E-state index in [2.05, 4.69) is 20.2 Å². The molecule has 1 atom stereocenters. The molecule has 1 aromatic carbocycles. The van der Waals surface area contributed by atoms with Gasteiger partial charge in [0.2, 0.25) is 0 Å². The number of carbonyl (C=O) groups is 1. The third-order valence-corrected chi connectivity index (χ3v) is 4.58. The van der Waals surface area contributed by atoms with Crippen LogP contribution in [0.15, 0.2) is 42.7 Å². The number of nitrogens with zero attached hydrogens (tertiary/aromatic N) is 3. The molecule has 7 heteroatoms. The molecule has 25 heavy (non-hydrogen) atoms. The minimum Gasteiger partial charge on any atom is -0.343 e. The smallest absolute Gasteiger partial charge is 0.253 e. The summed E-state index contributed by atoms with van der Waals surface area (Å²) in [5.41, 5.74) is 2.29. The molecule has 1 saturated heterocycles. The number of H-pyrrole nitrogens is 2. The third kappa shape index (κ3) is 3.17. The summed E-state index contributed by atoms with van der Waals surface area (Å²) in [5, 5.41) is 7.38. The topological polar surface area (TPSA) is 77.7 Å². The quantitative estimate of drug-likeness (QED) is 0.770. The molecule has 1 aliphatic rings. The van der Waals surface area contributed by atoms with Gasteiger partial charge in [0.05, 0.1) is 0 Å². The molecular formula is C18H18FN5O. The number of nitrogens with one attached hydrogen (secondary N) is 2. The molecule has 3 heterocycles. The fourth-order valence-corrected chi connectivity index (χ4v) is 3.26. The zero-order chi connectivity index (χ0) is 17.2. The number of hydrogen-bond donors (Lipinski definition) is 2. The lowest BCUT2D eigenvalue weighted by atomic mass is 9.94. The van der Waals surface area contributed by atoms with Gasteiger partial charge in [-0.05, 0) is 43.2 Å². The van der Waals surface area contributed by atoms with Gasteiger partial charge in [-0.1, -0.05) is 0 Å². The second-order valence-electron chi connectivity index (χ2n) is 6.24. The summed E-state index contributed by atoms with van der Waals surface area (Å²) in [6.45, 7) is 1.34. The molecule has 3 aromatic rings. The van der Waals surface area contributed by atoms with E-state index >= 15 is 0 Å². The van der Waals surface area contributed by atoms with Gasteiger partial charge in [-0.25, -0.2) is 9.37 Å². The molecule has 1 aliphatic heterocycles. The van der Waals surface area contributed by atoms with Crippen LogP contribution in [0.5, 0.6) is 0 Å². The molecular weight excluding hydrogens is 321 g/mol. The molecule has 0 spiro atoms. The van der Waals surface area contributed by atoms with Crippen LogP contribution in [0.4, 0.5) is 4.39 Å². The minimum atomic E-state index is -0.337. The standard InChI is InChI=1S/C18H18FN5O/c19-14-5-3-12(4-6-14)18(25)24-9-1-2-13(11-24)15-10-16(23-22-15)17-20-7-8-21-17/h3-8,10,13H,1-2,9,11H2,(H,20,21)(H,22,23)/t13-/m0/s1. The summed E-state index contributed by atoms with van der Waals surface area (Å²) in [4.78, 5) is 21.7. The molecule has 0 radical (unpaired) electrons. The van der Waals surface area contributed by atoms with Crippen LogP contribution >= 0.6 is 0 Å². The van der Waals surface area contributed by atoms with Gasteiger partial charge in [-0.15, -0.1) is 0 Å². The Morgan fingerprint density at radius 3 is 2.88 bits per heavy atom. The van der Waals surface area contributed by atoms with E-state index in [0.29, 0.717) is 18.7 Å². The zero-order valence-corrected chi connectivity index (χ0v) is 13.6. The van der Waals surface area contributed by atoms with E-state index in [0.717, 1.165) is 30.1 Å². The molecule has 6 nitrogen and oxygen atoms in total. The van der Waals surface area contributed by atoms with Crippen molar-refractivity contribution in [3.8, 4) is 11.5 Å². The Balaban J connectivity index is 1.49. The fraction of sp³-hybridized carbons (Fsp3) is 0.278. The second kappa shape index (κ2) is 6.51. The van der Waals surface area contributed by atoms with E-state index in [4.69, 9.17) is 0 Å². The minimum absolute atomic E-state index is 0.0597. The summed E-state index contributed by atoms with van der Waals surface area (Å²) in [6, 6.07) is 7.69. The van der Waals surface area contributed by atoms with E-state index in [1.807, 2.05) is 11.0 Å². The Bertz CT molecular complexity index is 856. The monoisotopic (exact) mass is 339 g/mol. The van der Waals surface area contributed by atoms with Crippen molar-refractivity contribution in [3.05, 3.63) is 59.8 Å². The first-order chi connectivity index (χ1) is 12.2. The lowest BCUT2D eigenvalue weighted by Crippen LogP contribution is -2.39. The number of carbonyl (C=O) groups excluding carboxylic acids is 1. The van der Waals surface area contributed by atoms with E-state index in [1.54, 1.807) is 12.4 Å². The predicted molar refractivity (Wildman–Crippen MR) is 90.4 cm³/mol. The predicted octanol–water partition coefficient (Wildman–Crippen LogP) is 2.96. The molecule has 1 amide bonds. The van der Waals surface area contributed by atoms with Gasteiger partial charge in [-0.3, -0.25) is 9.89 Å². The molecule has 0 unspecified atom stereocenters. The molecule has 0 bridgehead atoms. The number of aromatic nitrogens is 4. The van der Waals surface area contributed by atoms with Crippen molar-refractivity contribution in [1.82, 2.24) is 25.1 Å². The maximum atomic E-state index is 13.1. The molecule has 128 valence electrons.